The van der Waals surface area contributed by atoms with E-state index >= 15 is 0 Å². The highest BCUT2D eigenvalue weighted by Gasteiger charge is 2.32. The van der Waals surface area contributed by atoms with Gasteiger partial charge in [0.15, 0.2) is 0 Å². The molecule has 2 rings (SSSR count). The van der Waals surface area contributed by atoms with Gasteiger partial charge in [-0.05, 0) is 44.6 Å². The van der Waals surface area contributed by atoms with E-state index in [1.807, 2.05) is 0 Å². The zero-order valence-corrected chi connectivity index (χ0v) is 9.84. The van der Waals surface area contributed by atoms with Gasteiger partial charge < -0.3 is 4.90 Å². The van der Waals surface area contributed by atoms with E-state index in [1.54, 1.807) is 0 Å². The number of likely N-dealkylation sites (tertiary alicyclic amines) is 1. The van der Waals surface area contributed by atoms with Crippen LogP contribution < -0.4 is 0 Å². The van der Waals surface area contributed by atoms with E-state index in [0.29, 0.717) is 0 Å². The van der Waals surface area contributed by atoms with Crippen LogP contribution in [0.3, 0.4) is 0 Å². The van der Waals surface area contributed by atoms with Gasteiger partial charge in [-0.3, -0.25) is 0 Å². The Balaban J connectivity index is 1.89. The third-order valence-electron chi connectivity index (χ3n) is 4.54. The molecule has 14 heavy (non-hydrogen) atoms. The lowest BCUT2D eigenvalue weighted by atomic mass is 9.75. The normalized spacial score (nSPS) is 36.4. The molecule has 3 atom stereocenters. The summed E-state index contributed by atoms with van der Waals surface area (Å²) in [6.45, 7) is 7.48. The predicted octanol–water partition coefficient (Wildman–Crippen LogP) is 3.30. The van der Waals surface area contributed by atoms with Crippen molar-refractivity contribution >= 4 is 0 Å². The molecule has 1 nitrogen and oxygen atoms in total. The van der Waals surface area contributed by atoms with Crippen LogP contribution in [-0.4, -0.2) is 24.0 Å². The molecule has 3 unspecified atom stereocenters. The molecule has 82 valence electrons. The lowest BCUT2D eigenvalue weighted by Gasteiger charge is -2.43. The molecule has 2 aliphatic rings. The van der Waals surface area contributed by atoms with Crippen molar-refractivity contribution in [1.29, 1.82) is 0 Å². The average molecular weight is 195 g/mol. The van der Waals surface area contributed by atoms with Gasteiger partial charge >= 0.3 is 0 Å². The van der Waals surface area contributed by atoms with Crippen molar-refractivity contribution in [2.45, 2.75) is 58.4 Å². The van der Waals surface area contributed by atoms with Crippen molar-refractivity contribution in [1.82, 2.24) is 4.90 Å². The van der Waals surface area contributed by atoms with Gasteiger partial charge in [-0.2, -0.15) is 0 Å². The Bertz CT molecular complexity index is 178. The maximum absolute atomic E-state index is 2.73. The van der Waals surface area contributed by atoms with E-state index in [1.165, 1.54) is 51.6 Å². The largest absolute Gasteiger partial charge is 0.300 e. The molecule has 0 aromatic rings. The summed E-state index contributed by atoms with van der Waals surface area (Å²) in [5.41, 5.74) is 0. The van der Waals surface area contributed by atoms with E-state index in [9.17, 15) is 0 Å². The summed E-state index contributed by atoms with van der Waals surface area (Å²) in [5.74, 6) is 2.13. The molecule has 1 aliphatic carbocycles. The molecule has 1 heteroatoms. The van der Waals surface area contributed by atoms with Gasteiger partial charge in [-0.1, -0.05) is 26.2 Å². The summed E-state index contributed by atoms with van der Waals surface area (Å²) in [6, 6.07) is 0.817. The number of nitrogens with zero attached hydrogens (tertiary/aromatic N) is 1. The fourth-order valence-electron chi connectivity index (χ4n) is 3.29. The Morgan fingerprint density at radius 3 is 2.57 bits per heavy atom. The first-order chi connectivity index (χ1) is 6.81. The van der Waals surface area contributed by atoms with Crippen LogP contribution in [0.1, 0.15) is 52.4 Å². The van der Waals surface area contributed by atoms with Crippen molar-refractivity contribution in [2.75, 3.05) is 13.1 Å². The summed E-state index contributed by atoms with van der Waals surface area (Å²) in [5, 5.41) is 0. The molecule has 0 radical (unpaired) electrons. The Kier molecular flexibility index (Phi) is 3.48. The van der Waals surface area contributed by atoms with Crippen LogP contribution in [0.4, 0.5) is 0 Å². The number of piperidine rings is 1. The highest BCUT2D eigenvalue weighted by Crippen LogP contribution is 2.36. The first-order valence-corrected chi connectivity index (χ1v) is 6.55. The molecule has 0 N–H and O–H groups in total. The summed E-state index contributed by atoms with van der Waals surface area (Å²) >= 11 is 0. The first-order valence-electron chi connectivity index (χ1n) is 6.55. The Labute approximate surface area is 88.9 Å². The minimum absolute atomic E-state index is 0.817. The molecule has 0 amide bonds. The van der Waals surface area contributed by atoms with Crippen LogP contribution in [0, 0.1) is 11.8 Å². The van der Waals surface area contributed by atoms with Crippen LogP contribution in [-0.2, 0) is 0 Å². The lowest BCUT2D eigenvalue weighted by molar-refractivity contribution is 0.0608. The zero-order valence-electron chi connectivity index (χ0n) is 9.84. The second-order valence-corrected chi connectivity index (χ2v) is 5.35. The third kappa shape index (κ3) is 2.13. The van der Waals surface area contributed by atoms with Crippen molar-refractivity contribution < 1.29 is 0 Å². The maximum Gasteiger partial charge on any atom is 0.00644 e. The molecule has 1 aliphatic heterocycles. The molecule has 1 saturated heterocycles. The Morgan fingerprint density at radius 2 is 1.86 bits per heavy atom. The molecular weight excluding hydrogens is 170 g/mol. The standard InChI is InChI=1S/C13H25N/c1-3-11(2)14-9-8-12-6-4-5-7-13(12)10-14/h11-13H,3-10H2,1-2H3. The van der Waals surface area contributed by atoms with Gasteiger partial charge in [0, 0.05) is 12.6 Å². The van der Waals surface area contributed by atoms with Crippen molar-refractivity contribution in [3.05, 3.63) is 0 Å². The molecule has 2 fully saturated rings. The van der Waals surface area contributed by atoms with Crippen molar-refractivity contribution in [3.63, 3.8) is 0 Å². The van der Waals surface area contributed by atoms with Gasteiger partial charge in [0.25, 0.3) is 0 Å². The fraction of sp³-hybridized carbons (Fsp3) is 1.00. The molecule has 1 heterocycles. The summed E-state index contributed by atoms with van der Waals surface area (Å²) < 4.78 is 0. The topological polar surface area (TPSA) is 3.24 Å². The molecule has 0 spiro atoms. The van der Waals surface area contributed by atoms with E-state index in [-0.39, 0.29) is 0 Å². The predicted molar refractivity (Wildman–Crippen MR) is 61.4 cm³/mol. The van der Waals surface area contributed by atoms with Gasteiger partial charge in [-0.15, -0.1) is 0 Å². The number of fused-ring (bicyclic) bond motifs is 1. The zero-order chi connectivity index (χ0) is 9.97. The van der Waals surface area contributed by atoms with Crippen molar-refractivity contribution in [3.8, 4) is 0 Å². The third-order valence-corrected chi connectivity index (χ3v) is 4.54. The van der Waals surface area contributed by atoms with Crippen LogP contribution >= 0.6 is 0 Å². The van der Waals surface area contributed by atoms with Gasteiger partial charge in [0.2, 0.25) is 0 Å². The van der Waals surface area contributed by atoms with Crippen LogP contribution in [0.25, 0.3) is 0 Å². The number of hydrogen-bond donors (Lipinski definition) is 0. The number of rotatable bonds is 2. The first kappa shape index (κ1) is 10.5. The quantitative estimate of drug-likeness (QED) is 0.653. The summed E-state index contributed by atoms with van der Waals surface area (Å²) in [6.07, 6.45) is 8.84. The Morgan fingerprint density at radius 1 is 1.14 bits per heavy atom. The minimum Gasteiger partial charge on any atom is -0.300 e. The molecule has 1 saturated carbocycles. The Hall–Kier alpha value is -0.0400. The minimum atomic E-state index is 0.817. The van der Waals surface area contributed by atoms with Gasteiger partial charge in [0.05, 0.1) is 0 Å². The van der Waals surface area contributed by atoms with E-state index in [0.717, 1.165) is 17.9 Å². The monoisotopic (exact) mass is 195 g/mol. The lowest BCUT2D eigenvalue weighted by Crippen LogP contribution is -2.45. The van der Waals surface area contributed by atoms with Gasteiger partial charge in [0.1, 0.15) is 0 Å². The van der Waals surface area contributed by atoms with Crippen LogP contribution in [0.5, 0.6) is 0 Å². The highest BCUT2D eigenvalue weighted by atomic mass is 15.2. The van der Waals surface area contributed by atoms with Crippen molar-refractivity contribution in [2.24, 2.45) is 11.8 Å². The second-order valence-electron chi connectivity index (χ2n) is 5.35. The van der Waals surface area contributed by atoms with E-state index in [2.05, 4.69) is 18.7 Å². The summed E-state index contributed by atoms with van der Waals surface area (Å²) in [7, 11) is 0. The van der Waals surface area contributed by atoms with Crippen LogP contribution in [0.15, 0.2) is 0 Å². The maximum atomic E-state index is 2.73. The molecule has 0 aromatic carbocycles. The second kappa shape index (κ2) is 4.65. The summed E-state index contributed by atoms with van der Waals surface area (Å²) in [4.78, 5) is 2.73. The number of hydrogen-bond acceptors (Lipinski definition) is 1. The van der Waals surface area contributed by atoms with E-state index in [4.69, 9.17) is 0 Å². The SMILES string of the molecule is CCC(C)N1CCC2CCCCC2C1. The van der Waals surface area contributed by atoms with E-state index < -0.39 is 0 Å². The van der Waals surface area contributed by atoms with Gasteiger partial charge in [-0.25, -0.2) is 0 Å². The molecule has 0 aromatic heterocycles. The highest BCUT2D eigenvalue weighted by molar-refractivity contribution is 4.85. The average Bonchev–Trinajstić information content (AvgIpc) is 2.27. The smallest absolute Gasteiger partial charge is 0.00644 e. The van der Waals surface area contributed by atoms with Crippen LogP contribution in [0.2, 0.25) is 0 Å². The fourth-order valence-corrected chi connectivity index (χ4v) is 3.29. The molecular formula is C13H25N. The molecule has 0 bridgehead atoms.